The van der Waals surface area contributed by atoms with E-state index >= 15 is 0 Å². The number of pyridine rings is 1. The Labute approximate surface area is 173 Å². The van der Waals surface area contributed by atoms with Gasteiger partial charge in [-0.2, -0.15) is 0 Å². The zero-order valence-electron chi connectivity index (χ0n) is 15.6. The third kappa shape index (κ3) is 6.38. The van der Waals surface area contributed by atoms with Crippen molar-refractivity contribution in [1.29, 1.82) is 0 Å². The summed E-state index contributed by atoms with van der Waals surface area (Å²) < 4.78 is 0. The summed E-state index contributed by atoms with van der Waals surface area (Å²) in [5.41, 5.74) is 9.09. The van der Waals surface area contributed by atoms with Crippen molar-refractivity contribution in [2.75, 3.05) is 18.0 Å². The number of benzene rings is 1. The first-order chi connectivity index (χ1) is 12.1. The van der Waals surface area contributed by atoms with Crippen LogP contribution in [0.25, 0.3) is 0 Å². The normalized spacial score (nSPS) is 14.5. The molecule has 27 heavy (non-hydrogen) atoms. The maximum atomic E-state index is 12.3. The minimum atomic E-state index is -0.649. The molecule has 1 amide bonds. The zero-order chi connectivity index (χ0) is 17.6. The molecule has 1 unspecified atom stereocenters. The Hall–Kier alpha value is -1.82. The van der Waals surface area contributed by atoms with E-state index in [1.54, 1.807) is 0 Å². The third-order valence-electron chi connectivity index (χ3n) is 4.68. The number of halogens is 2. The molecule has 2 aromatic rings. The molecular weight excluding hydrogens is 383 g/mol. The highest BCUT2D eigenvalue weighted by Gasteiger charge is 2.16. The summed E-state index contributed by atoms with van der Waals surface area (Å²) in [6, 6.07) is 11.1. The predicted molar refractivity (Wildman–Crippen MR) is 115 cm³/mol. The van der Waals surface area contributed by atoms with Crippen LogP contribution in [0.1, 0.15) is 42.0 Å². The lowest BCUT2D eigenvalue weighted by Crippen LogP contribution is -2.34. The lowest BCUT2D eigenvalue weighted by atomic mass is 10.1. The topological polar surface area (TPSA) is 71.2 Å². The second kappa shape index (κ2) is 11.1. The maximum Gasteiger partial charge on any atom is 0.241 e. The van der Waals surface area contributed by atoms with E-state index in [1.807, 2.05) is 43.5 Å². The van der Waals surface area contributed by atoms with Crippen LogP contribution in [0.4, 0.5) is 5.82 Å². The molecule has 148 valence electrons. The summed E-state index contributed by atoms with van der Waals surface area (Å²) in [5.74, 6) is 0.828. The van der Waals surface area contributed by atoms with Crippen LogP contribution in [0, 0.1) is 6.92 Å². The van der Waals surface area contributed by atoms with Crippen LogP contribution in [-0.4, -0.2) is 24.0 Å². The van der Waals surface area contributed by atoms with Crippen molar-refractivity contribution < 1.29 is 4.79 Å². The highest BCUT2D eigenvalue weighted by molar-refractivity contribution is 5.85. The molecule has 3 N–H and O–H groups in total. The number of aromatic nitrogens is 1. The summed E-state index contributed by atoms with van der Waals surface area (Å²) in [5, 5.41) is 2.93. The van der Waals surface area contributed by atoms with Gasteiger partial charge in [-0.05, 0) is 49.4 Å². The van der Waals surface area contributed by atoms with E-state index in [0.29, 0.717) is 6.54 Å². The first kappa shape index (κ1) is 23.2. The summed E-state index contributed by atoms with van der Waals surface area (Å²) in [6.07, 6.45) is 5.54. The van der Waals surface area contributed by atoms with Gasteiger partial charge >= 0.3 is 0 Å². The largest absolute Gasteiger partial charge is 0.357 e. The predicted octanol–water partition coefficient (Wildman–Crippen LogP) is 3.54. The van der Waals surface area contributed by atoms with Crippen molar-refractivity contribution in [2.45, 2.75) is 38.8 Å². The molecule has 0 bridgehead atoms. The minimum absolute atomic E-state index is 0. The Morgan fingerprint density at radius 1 is 1.15 bits per heavy atom. The van der Waals surface area contributed by atoms with Gasteiger partial charge in [0.2, 0.25) is 5.91 Å². The lowest BCUT2D eigenvalue weighted by molar-refractivity contribution is -0.122. The molecule has 0 saturated carbocycles. The van der Waals surface area contributed by atoms with E-state index in [1.165, 1.54) is 19.3 Å². The smallest absolute Gasteiger partial charge is 0.241 e. The van der Waals surface area contributed by atoms with Gasteiger partial charge in [-0.1, -0.05) is 29.8 Å². The van der Waals surface area contributed by atoms with Crippen molar-refractivity contribution in [1.82, 2.24) is 10.3 Å². The number of nitrogens with zero attached hydrogens (tertiary/aromatic N) is 2. The van der Waals surface area contributed by atoms with E-state index in [9.17, 15) is 4.79 Å². The molecule has 1 aliphatic rings. The Morgan fingerprint density at radius 2 is 1.81 bits per heavy atom. The van der Waals surface area contributed by atoms with Gasteiger partial charge in [0.25, 0.3) is 0 Å². The van der Waals surface area contributed by atoms with Crippen molar-refractivity contribution in [3.63, 3.8) is 0 Å². The molecule has 0 radical (unpaired) electrons. The lowest BCUT2D eigenvalue weighted by Gasteiger charge is -2.28. The van der Waals surface area contributed by atoms with Crippen molar-refractivity contribution >= 4 is 36.5 Å². The number of rotatable bonds is 5. The van der Waals surface area contributed by atoms with E-state index < -0.39 is 6.04 Å². The number of piperidine rings is 1. The van der Waals surface area contributed by atoms with Crippen molar-refractivity contribution in [3.8, 4) is 0 Å². The molecule has 1 aliphatic heterocycles. The van der Waals surface area contributed by atoms with Gasteiger partial charge in [-0.15, -0.1) is 24.8 Å². The summed E-state index contributed by atoms with van der Waals surface area (Å²) >= 11 is 0. The van der Waals surface area contributed by atoms with Gasteiger partial charge in [-0.3, -0.25) is 4.79 Å². The van der Waals surface area contributed by atoms with Crippen LogP contribution in [-0.2, 0) is 11.3 Å². The van der Waals surface area contributed by atoms with Crippen molar-refractivity contribution in [3.05, 3.63) is 59.3 Å². The summed E-state index contributed by atoms with van der Waals surface area (Å²) in [6.45, 7) is 4.59. The Bertz CT molecular complexity index is 718. The quantitative estimate of drug-likeness (QED) is 0.790. The number of carbonyl (C=O) groups excluding carboxylic acids is 1. The van der Waals surface area contributed by atoms with E-state index in [2.05, 4.69) is 21.3 Å². The van der Waals surface area contributed by atoms with Crippen LogP contribution >= 0.6 is 24.8 Å². The number of nitrogens with two attached hydrogens (primary N) is 1. The van der Waals surface area contributed by atoms with Crippen molar-refractivity contribution in [2.24, 2.45) is 5.73 Å². The van der Waals surface area contributed by atoms with Crippen LogP contribution < -0.4 is 16.0 Å². The van der Waals surface area contributed by atoms with Gasteiger partial charge < -0.3 is 16.0 Å². The van der Waals surface area contributed by atoms with E-state index in [0.717, 1.165) is 35.6 Å². The molecule has 1 aromatic carbocycles. The first-order valence-corrected chi connectivity index (χ1v) is 8.93. The fourth-order valence-corrected chi connectivity index (χ4v) is 3.09. The molecule has 1 atom stereocenters. The fraction of sp³-hybridized carbons (Fsp3) is 0.400. The molecule has 0 spiro atoms. The molecule has 0 aliphatic carbocycles. The van der Waals surface area contributed by atoms with E-state index in [-0.39, 0.29) is 30.7 Å². The van der Waals surface area contributed by atoms with Gasteiger partial charge in [-0.25, -0.2) is 4.98 Å². The number of hydrogen-bond acceptors (Lipinski definition) is 4. The maximum absolute atomic E-state index is 12.3. The molecule has 3 rings (SSSR count). The molecular formula is C20H28Cl2N4O. The zero-order valence-corrected chi connectivity index (χ0v) is 17.2. The Kier molecular flexibility index (Phi) is 9.56. The monoisotopic (exact) mass is 410 g/mol. The highest BCUT2D eigenvalue weighted by atomic mass is 35.5. The summed E-state index contributed by atoms with van der Waals surface area (Å²) in [4.78, 5) is 19.1. The van der Waals surface area contributed by atoms with Gasteiger partial charge in [0.15, 0.2) is 0 Å². The highest BCUT2D eigenvalue weighted by Crippen LogP contribution is 2.18. The number of amides is 1. The van der Waals surface area contributed by atoms with Crippen LogP contribution in [0.5, 0.6) is 0 Å². The summed E-state index contributed by atoms with van der Waals surface area (Å²) in [7, 11) is 0. The molecule has 5 nitrogen and oxygen atoms in total. The van der Waals surface area contributed by atoms with Crippen LogP contribution in [0.15, 0.2) is 42.6 Å². The average molecular weight is 411 g/mol. The SMILES string of the molecule is Cc1ccc(C(N)C(=O)NCc2ccnc(N3CCCCC3)c2)cc1.Cl.Cl. The number of anilines is 1. The first-order valence-electron chi connectivity index (χ1n) is 8.93. The Morgan fingerprint density at radius 3 is 2.48 bits per heavy atom. The Balaban J connectivity index is 0.00000182. The molecule has 1 aromatic heterocycles. The van der Waals surface area contributed by atoms with Gasteiger partial charge in [0, 0.05) is 25.8 Å². The van der Waals surface area contributed by atoms with Gasteiger partial charge in [0.05, 0.1) is 0 Å². The van der Waals surface area contributed by atoms with Crippen LogP contribution in [0.2, 0.25) is 0 Å². The van der Waals surface area contributed by atoms with E-state index in [4.69, 9.17) is 5.73 Å². The molecule has 1 fully saturated rings. The number of hydrogen-bond donors (Lipinski definition) is 2. The third-order valence-corrected chi connectivity index (χ3v) is 4.68. The fourth-order valence-electron chi connectivity index (χ4n) is 3.09. The molecule has 7 heteroatoms. The van der Waals surface area contributed by atoms with Gasteiger partial charge in [0.1, 0.15) is 11.9 Å². The minimum Gasteiger partial charge on any atom is -0.357 e. The standard InChI is InChI=1S/C20H26N4O.2ClH/c1-15-5-7-17(8-6-15)19(21)20(25)23-14-16-9-10-22-18(13-16)24-11-3-2-4-12-24;;/h5-10,13,19H,2-4,11-12,14,21H2,1H3,(H,23,25);2*1H. The second-order valence-corrected chi connectivity index (χ2v) is 6.68. The second-order valence-electron chi connectivity index (χ2n) is 6.68. The number of carbonyl (C=O) groups is 1. The molecule has 1 saturated heterocycles. The average Bonchev–Trinajstić information content (AvgIpc) is 2.67. The number of aryl methyl sites for hydroxylation is 1. The number of nitrogens with one attached hydrogen (secondary N) is 1. The van der Waals surface area contributed by atoms with Crippen LogP contribution in [0.3, 0.4) is 0 Å². The molecule has 2 heterocycles.